The van der Waals surface area contributed by atoms with E-state index in [1.54, 1.807) is 0 Å². The Morgan fingerprint density at radius 3 is 2.53 bits per heavy atom. The molecule has 6 heteroatoms. The van der Waals surface area contributed by atoms with E-state index >= 15 is 0 Å². The van der Waals surface area contributed by atoms with Gasteiger partial charge in [0, 0.05) is 54.4 Å². The molecule has 2 aromatic rings. The van der Waals surface area contributed by atoms with Gasteiger partial charge in [-0.15, -0.1) is 11.8 Å². The van der Waals surface area contributed by atoms with Gasteiger partial charge in [-0.25, -0.2) is 8.78 Å². The largest absolute Gasteiger partial charge is 0.366 e. The third-order valence-corrected chi connectivity index (χ3v) is 7.08. The SMILES string of the molecule is Cc1ccc2c(c1)SCCN(c1cc(C)c(NC(=O)CC3CC(F)(F)C3)c(C)c1)C2. The fourth-order valence-electron chi connectivity index (χ4n) is 4.40. The molecule has 0 unspecified atom stereocenters. The second-order valence-corrected chi connectivity index (χ2v) is 9.86. The van der Waals surface area contributed by atoms with Crippen LogP contribution in [0.15, 0.2) is 35.2 Å². The quantitative estimate of drug-likeness (QED) is 0.636. The summed E-state index contributed by atoms with van der Waals surface area (Å²) >= 11 is 1.90. The van der Waals surface area contributed by atoms with Crippen molar-refractivity contribution in [2.24, 2.45) is 5.92 Å². The Morgan fingerprint density at radius 2 is 1.87 bits per heavy atom. The van der Waals surface area contributed by atoms with Gasteiger partial charge in [-0.05, 0) is 67.1 Å². The van der Waals surface area contributed by atoms with Crippen LogP contribution in [0.4, 0.5) is 20.2 Å². The summed E-state index contributed by atoms with van der Waals surface area (Å²) in [5.74, 6) is -1.94. The maximum atomic E-state index is 13.0. The number of alkyl halides is 2. The van der Waals surface area contributed by atoms with Crippen LogP contribution in [-0.2, 0) is 11.3 Å². The van der Waals surface area contributed by atoms with E-state index in [0.29, 0.717) is 0 Å². The fourth-order valence-corrected chi connectivity index (χ4v) is 5.52. The number of thioether (sulfide) groups is 1. The maximum absolute atomic E-state index is 13.0. The number of carbonyl (C=O) groups excluding carboxylic acids is 1. The molecule has 0 bridgehead atoms. The number of anilines is 2. The Hall–Kier alpha value is -2.08. The van der Waals surface area contributed by atoms with Crippen LogP contribution in [0.2, 0.25) is 0 Å². The highest BCUT2D eigenvalue weighted by Crippen LogP contribution is 2.44. The number of fused-ring (bicyclic) bond motifs is 1. The standard InChI is InChI=1S/C24H28F2N2OS/c1-15-4-5-19-14-28(6-7-30-21(19)8-15)20-9-16(2)23(17(3)10-20)27-22(29)11-18-12-24(25,26)13-18/h4-5,8-10,18H,6-7,11-14H2,1-3H3,(H,27,29). The minimum Gasteiger partial charge on any atom is -0.366 e. The van der Waals surface area contributed by atoms with Gasteiger partial charge >= 0.3 is 0 Å². The molecule has 0 aromatic heterocycles. The second kappa shape index (κ2) is 8.22. The molecule has 0 radical (unpaired) electrons. The summed E-state index contributed by atoms with van der Waals surface area (Å²) in [5.41, 5.74) is 6.57. The Bertz CT molecular complexity index is 945. The number of hydrogen-bond acceptors (Lipinski definition) is 3. The average molecular weight is 431 g/mol. The van der Waals surface area contributed by atoms with Gasteiger partial charge in [0.2, 0.25) is 11.8 Å². The fraction of sp³-hybridized carbons (Fsp3) is 0.458. The van der Waals surface area contributed by atoms with Crippen LogP contribution in [0.25, 0.3) is 0 Å². The Labute approximate surface area is 181 Å². The lowest BCUT2D eigenvalue weighted by molar-refractivity contribution is -0.129. The minimum absolute atomic E-state index is 0.162. The first-order valence-electron chi connectivity index (χ1n) is 10.5. The molecule has 0 spiro atoms. The van der Waals surface area contributed by atoms with E-state index in [9.17, 15) is 13.6 Å². The molecule has 1 saturated carbocycles. The van der Waals surface area contributed by atoms with E-state index in [2.05, 4.69) is 47.5 Å². The predicted molar refractivity (Wildman–Crippen MR) is 120 cm³/mol. The zero-order chi connectivity index (χ0) is 21.5. The maximum Gasteiger partial charge on any atom is 0.248 e. The van der Waals surface area contributed by atoms with Gasteiger partial charge in [0.25, 0.3) is 0 Å². The van der Waals surface area contributed by atoms with E-state index in [1.165, 1.54) is 16.0 Å². The molecule has 3 nitrogen and oxygen atoms in total. The number of aryl methyl sites for hydroxylation is 3. The van der Waals surface area contributed by atoms with E-state index in [0.717, 1.165) is 41.3 Å². The van der Waals surface area contributed by atoms with E-state index < -0.39 is 5.92 Å². The molecule has 1 aliphatic heterocycles. The van der Waals surface area contributed by atoms with E-state index in [1.807, 2.05) is 25.6 Å². The molecule has 1 amide bonds. The van der Waals surface area contributed by atoms with Crippen molar-refractivity contribution in [1.82, 2.24) is 0 Å². The summed E-state index contributed by atoms with van der Waals surface area (Å²) in [6.45, 7) is 7.93. The second-order valence-electron chi connectivity index (χ2n) is 8.72. The van der Waals surface area contributed by atoms with Crippen LogP contribution in [0.3, 0.4) is 0 Å². The molecule has 0 saturated heterocycles. The predicted octanol–water partition coefficient (Wildman–Crippen LogP) is 6.10. The molecule has 30 heavy (non-hydrogen) atoms. The van der Waals surface area contributed by atoms with Crippen LogP contribution < -0.4 is 10.2 Å². The Morgan fingerprint density at radius 1 is 1.17 bits per heavy atom. The zero-order valence-electron chi connectivity index (χ0n) is 17.7. The zero-order valence-corrected chi connectivity index (χ0v) is 18.5. The first-order valence-corrected chi connectivity index (χ1v) is 11.4. The van der Waals surface area contributed by atoms with Crippen molar-refractivity contribution < 1.29 is 13.6 Å². The van der Waals surface area contributed by atoms with Gasteiger partial charge in [-0.1, -0.05) is 12.1 Å². The minimum atomic E-state index is -2.58. The highest BCUT2D eigenvalue weighted by molar-refractivity contribution is 7.99. The van der Waals surface area contributed by atoms with Crippen LogP contribution in [-0.4, -0.2) is 24.1 Å². The first-order chi connectivity index (χ1) is 14.2. The summed E-state index contributed by atoms with van der Waals surface area (Å²) < 4.78 is 26.0. The van der Waals surface area contributed by atoms with E-state index in [4.69, 9.17) is 0 Å². The summed E-state index contributed by atoms with van der Waals surface area (Å²) in [5, 5.41) is 2.96. The number of carbonyl (C=O) groups is 1. The molecule has 0 atom stereocenters. The number of hydrogen-bond donors (Lipinski definition) is 1. The molecule has 1 N–H and O–H groups in total. The molecular weight excluding hydrogens is 402 g/mol. The van der Waals surface area contributed by atoms with Crippen molar-refractivity contribution in [3.8, 4) is 0 Å². The normalized spacial score (nSPS) is 18.4. The van der Waals surface area contributed by atoms with Crippen molar-refractivity contribution in [2.45, 2.75) is 57.4 Å². The highest BCUT2D eigenvalue weighted by Gasteiger charge is 2.45. The lowest BCUT2D eigenvalue weighted by Crippen LogP contribution is -2.37. The number of nitrogens with zero attached hydrogens (tertiary/aromatic N) is 1. The van der Waals surface area contributed by atoms with Crippen LogP contribution in [0.5, 0.6) is 0 Å². The number of nitrogens with one attached hydrogen (secondary N) is 1. The third kappa shape index (κ3) is 4.64. The Kier molecular flexibility index (Phi) is 5.80. The van der Waals surface area contributed by atoms with Crippen molar-refractivity contribution in [3.05, 3.63) is 52.6 Å². The van der Waals surface area contributed by atoms with Gasteiger partial charge in [0.15, 0.2) is 0 Å². The smallest absolute Gasteiger partial charge is 0.248 e. The van der Waals surface area contributed by atoms with Crippen molar-refractivity contribution in [1.29, 1.82) is 0 Å². The van der Waals surface area contributed by atoms with Gasteiger partial charge in [-0.2, -0.15) is 0 Å². The van der Waals surface area contributed by atoms with Crippen LogP contribution in [0, 0.1) is 26.7 Å². The highest BCUT2D eigenvalue weighted by atomic mass is 32.2. The van der Waals surface area contributed by atoms with Crippen molar-refractivity contribution >= 4 is 29.0 Å². The van der Waals surface area contributed by atoms with Gasteiger partial charge in [0.1, 0.15) is 0 Å². The molecule has 2 aromatic carbocycles. The first kappa shape index (κ1) is 21.2. The number of amides is 1. The third-order valence-electron chi connectivity index (χ3n) is 6.00. The summed E-state index contributed by atoms with van der Waals surface area (Å²) in [6, 6.07) is 10.9. The number of rotatable bonds is 4. The van der Waals surface area contributed by atoms with Crippen molar-refractivity contribution in [2.75, 3.05) is 22.5 Å². The monoisotopic (exact) mass is 430 g/mol. The molecule has 2 aliphatic rings. The summed E-state index contributed by atoms with van der Waals surface area (Å²) in [4.78, 5) is 16.1. The van der Waals surface area contributed by atoms with E-state index in [-0.39, 0.29) is 31.1 Å². The molecule has 1 fully saturated rings. The Balaban J connectivity index is 1.47. The topological polar surface area (TPSA) is 32.3 Å². The number of benzene rings is 2. The number of halogens is 2. The van der Waals surface area contributed by atoms with Gasteiger partial charge in [-0.3, -0.25) is 4.79 Å². The van der Waals surface area contributed by atoms with Crippen molar-refractivity contribution in [3.63, 3.8) is 0 Å². The van der Waals surface area contributed by atoms with Gasteiger partial charge in [0.05, 0.1) is 0 Å². The lowest BCUT2D eigenvalue weighted by atomic mass is 9.79. The molecule has 1 aliphatic carbocycles. The molecule has 160 valence electrons. The lowest BCUT2D eigenvalue weighted by Gasteiger charge is -2.34. The van der Waals surface area contributed by atoms with Crippen LogP contribution in [0.1, 0.15) is 41.5 Å². The molecule has 1 heterocycles. The summed E-state index contributed by atoms with van der Waals surface area (Å²) in [6.07, 6.45) is -0.188. The molecular formula is C24H28F2N2OS. The van der Waals surface area contributed by atoms with Crippen LogP contribution >= 0.6 is 11.8 Å². The molecule has 4 rings (SSSR count). The average Bonchev–Trinajstić information content (AvgIpc) is 2.85. The summed E-state index contributed by atoms with van der Waals surface area (Å²) in [7, 11) is 0. The van der Waals surface area contributed by atoms with Gasteiger partial charge < -0.3 is 10.2 Å².